The minimum Gasteiger partial charge on any atom is -0.487 e. The molecule has 0 fully saturated rings. The number of aromatic nitrogens is 2. The minimum absolute atomic E-state index is 0.00926. The summed E-state index contributed by atoms with van der Waals surface area (Å²) in [5.41, 5.74) is 8.78. The molecule has 2 aromatic rings. The molecule has 1 atom stereocenters. The highest BCUT2D eigenvalue weighted by molar-refractivity contribution is 6.31. The molecule has 1 aromatic heterocycles. The fraction of sp³-hybridized carbons (Fsp3) is 0.438. The van der Waals surface area contributed by atoms with Crippen LogP contribution in [-0.2, 0) is 19.6 Å². The molecule has 2 rings (SSSR count). The lowest BCUT2D eigenvalue weighted by molar-refractivity contribution is 0.292. The zero-order valence-corrected chi connectivity index (χ0v) is 13.5. The molecule has 0 bridgehead atoms. The number of ether oxygens (including phenoxy) is 1. The zero-order chi connectivity index (χ0) is 15.4. The standard InChI is InChI=1S/C16H22ClN3O/c1-4-14-16(17)15(20(5-2)19-14)10-21-13-8-6-7-12(9-13)11(3)18/h6-9,11H,4-5,10,18H2,1-3H3. The number of halogens is 1. The molecule has 114 valence electrons. The smallest absolute Gasteiger partial charge is 0.131 e. The fourth-order valence-electron chi connectivity index (χ4n) is 2.19. The highest BCUT2D eigenvalue weighted by Crippen LogP contribution is 2.24. The second-order valence-electron chi connectivity index (χ2n) is 5.03. The Labute approximate surface area is 130 Å². The van der Waals surface area contributed by atoms with Gasteiger partial charge in [-0.2, -0.15) is 5.10 Å². The molecule has 2 N–H and O–H groups in total. The first-order chi connectivity index (χ1) is 10.1. The highest BCUT2D eigenvalue weighted by Gasteiger charge is 2.14. The van der Waals surface area contributed by atoms with Crippen LogP contribution in [0.1, 0.15) is 43.8 Å². The van der Waals surface area contributed by atoms with Crippen molar-refractivity contribution in [1.29, 1.82) is 0 Å². The first-order valence-electron chi connectivity index (χ1n) is 7.29. The number of rotatable bonds is 6. The molecule has 0 radical (unpaired) electrons. The molecular formula is C16H22ClN3O. The van der Waals surface area contributed by atoms with Crippen molar-refractivity contribution >= 4 is 11.6 Å². The van der Waals surface area contributed by atoms with Crippen molar-refractivity contribution in [2.75, 3.05) is 0 Å². The Morgan fingerprint density at radius 1 is 1.38 bits per heavy atom. The second kappa shape index (κ2) is 6.96. The summed E-state index contributed by atoms with van der Waals surface area (Å²) in [5, 5.41) is 5.20. The zero-order valence-electron chi connectivity index (χ0n) is 12.8. The average Bonchev–Trinajstić information content (AvgIpc) is 2.81. The van der Waals surface area contributed by atoms with Crippen LogP contribution in [0, 0.1) is 0 Å². The van der Waals surface area contributed by atoms with Crippen molar-refractivity contribution in [2.45, 2.75) is 46.4 Å². The van der Waals surface area contributed by atoms with Crippen LogP contribution in [0.4, 0.5) is 0 Å². The summed E-state index contributed by atoms with van der Waals surface area (Å²) >= 11 is 6.37. The number of nitrogens with two attached hydrogens (primary N) is 1. The fourth-order valence-corrected chi connectivity index (χ4v) is 2.52. The van der Waals surface area contributed by atoms with Crippen molar-refractivity contribution in [1.82, 2.24) is 9.78 Å². The molecule has 1 unspecified atom stereocenters. The normalized spacial score (nSPS) is 12.4. The lowest BCUT2D eigenvalue weighted by atomic mass is 10.1. The first kappa shape index (κ1) is 15.9. The number of nitrogens with zero attached hydrogens (tertiary/aromatic N) is 2. The summed E-state index contributed by atoms with van der Waals surface area (Å²) in [6.45, 7) is 7.23. The molecule has 0 spiro atoms. The number of hydrogen-bond donors (Lipinski definition) is 1. The van der Waals surface area contributed by atoms with Gasteiger partial charge in [-0.3, -0.25) is 4.68 Å². The van der Waals surface area contributed by atoms with Crippen molar-refractivity contribution in [2.24, 2.45) is 5.73 Å². The Morgan fingerprint density at radius 2 is 2.14 bits per heavy atom. The van der Waals surface area contributed by atoms with Crippen molar-refractivity contribution in [3.63, 3.8) is 0 Å². The Balaban J connectivity index is 2.16. The summed E-state index contributed by atoms with van der Waals surface area (Å²) in [7, 11) is 0. The van der Waals surface area contributed by atoms with Gasteiger partial charge in [-0.1, -0.05) is 30.7 Å². The van der Waals surface area contributed by atoms with Crippen LogP contribution in [-0.4, -0.2) is 9.78 Å². The summed E-state index contributed by atoms with van der Waals surface area (Å²) in [5.74, 6) is 0.794. The lowest BCUT2D eigenvalue weighted by Crippen LogP contribution is -2.08. The van der Waals surface area contributed by atoms with E-state index in [1.165, 1.54) is 0 Å². The molecular weight excluding hydrogens is 286 g/mol. The van der Waals surface area contributed by atoms with E-state index < -0.39 is 0 Å². The first-order valence-corrected chi connectivity index (χ1v) is 7.67. The molecule has 1 heterocycles. The highest BCUT2D eigenvalue weighted by atomic mass is 35.5. The van der Waals surface area contributed by atoms with Gasteiger partial charge in [0.15, 0.2) is 0 Å². The van der Waals surface area contributed by atoms with E-state index in [-0.39, 0.29) is 6.04 Å². The minimum atomic E-state index is -0.00926. The molecule has 0 aliphatic rings. The third-order valence-corrected chi connectivity index (χ3v) is 3.89. The molecule has 5 heteroatoms. The van der Waals surface area contributed by atoms with Gasteiger partial charge < -0.3 is 10.5 Å². The van der Waals surface area contributed by atoms with Crippen LogP contribution >= 0.6 is 11.6 Å². The molecule has 0 saturated carbocycles. The van der Waals surface area contributed by atoms with Gasteiger partial charge in [-0.25, -0.2) is 0 Å². The van der Waals surface area contributed by atoms with Crippen LogP contribution in [0.25, 0.3) is 0 Å². The average molecular weight is 308 g/mol. The SMILES string of the molecule is CCc1nn(CC)c(COc2cccc(C(C)N)c2)c1Cl. The third kappa shape index (κ3) is 3.57. The van der Waals surface area contributed by atoms with Crippen LogP contribution < -0.4 is 10.5 Å². The molecule has 21 heavy (non-hydrogen) atoms. The molecule has 0 saturated heterocycles. The van der Waals surface area contributed by atoms with Crippen LogP contribution in [0.5, 0.6) is 5.75 Å². The second-order valence-corrected chi connectivity index (χ2v) is 5.40. The molecule has 0 aliphatic heterocycles. The predicted molar refractivity (Wildman–Crippen MR) is 85.7 cm³/mol. The van der Waals surface area contributed by atoms with Gasteiger partial charge in [0.1, 0.15) is 12.4 Å². The van der Waals surface area contributed by atoms with Gasteiger partial charge in [0.25, 0.3) is 0 Å². The maximum absolute atomic E-state index is 6.37. The monoisotopic (exact) mass is 307 g/mol. The Bertz CT molecular complexity index is 608. The van der Waals surface area contributed by atoms with Crippen LogP contribution in [0.3, 0.4) is 0 Å². The van der Waals surface area contributed by atoms with E-state index in [9.17, 15) is 0 Å². The van der Waals surface area contributed by atoms with Crippen molar-refractivity contribution in [3.05, 3.63) is 46.2 Å². The van der Waals surface area contributed by atoms with Gasteiger partial charge in [0, 0.05) is 12.6 Å². The van der Waals surface area contributed by atoms with Crippen molar-refractivity contribution in [3.8, 4) is 5.75 Å². The molecule has 4 nitrogen and oxygen atoms in total. The van der Waals surface area contributed by atoms with Gasteiger partial charge >= 0.3 is 0 Å². The van der Waals surface area contributed by atoms with E-state index in [1.807, 2.05) is 49.7 Å². The largest absolute Gasteiger partial charge is 0.487 e. The van der Waals surface area contributed by atoms with Gasteiger partial charge in [0.05, 0.1) is 16.4 Å². The molecule has 0 amide bonds. The maximum Gasteiger partial charge on any atom is 0.131 e. The van der Waals surface area contributed by atoms with Gasteiger partial charge in [0.2, 0.25) is 0 Å². The Hall–Kier alpha value is -1.52. The number of benzene rings is 1. The Kier molecular flexibility index (Phi) is 5.26. The van der Waals surface area contributed by atoms with Crippen molar-refractivity contribution < 1.29 is 4.74 Å². The van der Waals surface area contributed by atoms with E-state index in [0.29, 0.717) is 11.6 Å². The lowest BCUT2D eigenvalue weighted by Gasteiger charge is -2.11. The van der Waals surface area contributed by atoms with Crippen LogP contribution in [0.15, 0.2) is 24.3 Å². The van der Waals surface area contributed by atoms with E-state index in [4.69, 9.17) is 22.1 Å². The van der Waals surface area contributed by atoms with E-state index in [2.05, 4.69) is 5.10 Å². The summed E-state index contributed by atoms with van der Waals surface area (Å²) in [6, 6.07) is 7.82. The van der Waals surface area contributed by atoms with Gasteiger partial charge in [-0.05, 0) is 38.0 Å². The molecule has 1 aromatic carbocycles. The Morgan fingerprint density at radius 3 is 2.76 bits per heavy atom. The predicted octanol–water partition coefficient (Wildman–Crippen LogP) is 3.72. The number of aryl methyl sites for hydroxylation is 2. The van der Waals surface area contributed by atoms with E-state index in [0.717, 1.165) is 35.7 Å². The van der Waals surface area contributed by atoms with Crippen LogP contribution in [0.2, 0.25) is 5.02 Å². The van der Waals surface area contributed by atoms with E-state index >= 15 is 0 Å². The van der Waals surface area contributed by atoms with E-state index in [1.54, 1.807) is 0 Å². The van der Waals surface area contributed by atoms with Gasteiger partial charge in [-0.15, -0.1) is 0 Å². The topological polar surface area (TPSA) is 53.1 Å². The quantitative estimate of drug-likeness (QED) is 0.885. The summed E-state index contributed by atoms with van der Waals surface area (Å²) in [4.78, 5) is 0. The third-order valence-electron chi connectivity index (χ3n) is 3.45. The number of hydrogen-bond acceptors (Lipinski definition) is 3. The maximum atomic E-state index is 6.37. The summed E-state index contributed by atoms with van der Waals surface area (Å²) in [6.07, 6.45) is 0.818. The summed E-state index contributed by atoms with van der Waals surface area (Å²) < 4.78 is 7.76. The molecule has 0 aliphatic carbocycles.